The predicted octanol–water partition coefficient (Wildman–Crippen LogP) is 5.68. The summed E-state index contributed by atoms with van der Waals surface area (Å²) in [7, 11) is 0. The minimum atomic E-state index is 0.205. The van der Waals surface area contributed by atoms with Gasteiger partial charge < -0.3 is 9.25 Å². The van der Waals surface area contributed by atoms with Gasteiger partial charge in [0, 0.05) is 16.1 Å². The quantitative estimate of drug-likeness (QED) is 0.429. The molecule has 0 unspecified atom stereocenters. The Balaban J connectivity index is 1.65. The lowest BCUT2D eigenvalue weighted by molar-refractivity contribution is 0.131. The molecule has 1 aromatic heterocycles. The smallest absolute Gasteiger partial charge is 0.149 e. The van der Waals surface area contributed by atoms with E-state index in [1.807, 2.05) is 12.1 Å². The van der Waals surface area contributed by atoms with Crippen LogP contribution in [-0.2, 0) is 11.4 Å². The van der Waals surface area contributed by atoms with Gasteiger partial charge in [0.05, 0.1) is 16.7 Å². The fraction of sp³-hybridized carbons (Fsp3) is 0.0526. The van der Waals surface area contributed by atoms with Crippen LogP contribution in [0, 0.1) is 11.3 Å². The van der Waals surface area contributed by atoms with Crippen LogP contribution in [0.3, 0.4) is 0 Å². The molecule has 6 heteroatoms. The van der Waals surface area contributed by atoms with E-state index in [1.54, 1.807) is 42.5 Å². The zero-order chi connectivity index (χ0) is 17.6. The molecular weight excluding hydrogens is 359 g/mol. The van der Waals surface area contributed by atoms with Crippen molar-refractivity contribution in [2.75, 3.05) is 0 Å². The molecule has 3 aromatic rings. The minimum absolute atomic E-state index is 0.205. The number of hydrogen-bond acceptors (Lipinski definition) is 4. The van der Waals surface area contributed by atoms with Crippen LogP contribution in [0.15, 0.2) is 64.2 Å². The Kier molecular flexibility index (Phi) is 5.39. The van der Waals surface area contributed by atoms with Crippen molar-refractivity contribution in [1.29, 1.82) is 5.26 Å². The van der Waals surface area contributed by atoms with Gasteiger partial charge in [-0.3, -0.25) is 0 Å². The van der Waals surface area contributed by atoms with Crippen molar-refractivity contribution in [3.8, 4) is 17.4 Å². The van der Waals surface area contributed by atoms with Crippen LogP contribution in [-0.4, -0.2) is 6.21 Å². The summed E-state index contributed by atoms with van der Waals surface area (Å²) in [4.78, 5) is 5.24. The standard InChI is InChI=1S/C19H12Cl2N2O2/c20-15-5-7-17(18(21)9-15)19-8-6-16(25-19)11-23-24-12-14-4-2-1-3-13(14)10-22/h1-9,11H,12H2/b23-11+. The van der Waals surface area contributed by atoms with Crippen LogP contribution in [0.2, 0.25) is 10.0 Å². The van der Waals surface area contributed by atoms with E-state index in [9.17, 15) is 0 Å². The molecule has 0 aliphatic rings. The lowest BCUT2D eigenvalue weighted by atomic mass is 10.1. The first-order valence-corrected chi connectivity index (χ1v) is 8.11. The first-order valence-electron chi connectivity index (χ1n) is 7.36. The normalized spacial score (nSPS) is 10.8. The summed E-state index contributed by atoms with van der Waals surface area (Å²) in [6.07, 6.45) is 1.46. The lowest BCUT2D eigenvalue weighted by Gasteiger charge is -2.01. The molecule has 1 heterocycles. The van der Waals surface area contributed by atoms with E-state index >= 15 is 0 Å². The summed E-state index contributed by atoms with van der Waals surface area (Å²) in [5.74, 6) is 1.13. The Labute approximate surface area is 154 Å². The SMILES string of the molecule is N#Cc1ccccc1CO/N=C/c1ccc(-c2ccc(Cl)cc2Cl)o1. The molecule has 0 atom stereocenters. The molecule has 0 saturated carbocycles. The van der Waals surface area contributed by atoms with Crippen LogP contribution in [0.1, 0.15) is 16.9 Å². The number of benzene rings is 2. The molecule has 0 bridgehead atoms. The van der Waals surface area contributed by atoms with Gasteiger partial charge in [-0.2, -0.15) is 5.26 Å². The fourth-order valence-electron chi connectivity index (χ4n) is 2.21. The van der Waals surface area contributed by atoms with Crippen LogP contribution >= 0.6 is 23.2 Å². The molecule has 0 saturated heterocycles. The van der Waals surface area contributed by atoms with Crippen molar-refractivity contribution in [3.63, 3.8) is 0 Å². The van der Waals surface area contributed by atoms with E-state index in [-0.39, 0.29) is 6.61 Å². The van der Waals surface area contributed by atoms with Crippen molar-refractivity contribution in [2.24, 2.45) is 5.16 Å². The molecule has 0 amide bonds. The third-order valence-electron chi connectivity index (χ3n) is 3.44. The van der Waals surface area contributed by atoms with Crippen molar-refractivity contribution in [3.05, 3.63) is 81.5 Å². The maximum atomic E-state index is 9.03. The second-order valence-corrected chi connectivity index (χ2v) is 5.95. The van der Waals surface area contributed by atoms with Gasteiger partial charge >= 0.3 is 0 Å². The summed E-state index contributed by atoms with van der Waals surface area (Å²) in [6.45, 7) is 0.205. The van der Waals surface area contributed by atoms with Gasteiger partial charge in [0.15, 0.2) is 0 Å². The highest BCUT2D eigenvalue weighted by Crippen LogP contribution is 2.31. The number of furan rings is 1. The van der Waals surface area contributed by atoms with Crippen molar-refractivity contribution >= 4 is 29.4 Å². The van der Waals surface area contributed by atoms with Gasteiger partial charge in [-0.05, 0) is 36.4 Å². The maximum Gasteiger partial charge on any atom is 0.149 e. The predicted molar refractivity (Wildman–Crippen MR) is 97.7 cm³/mol. The van der Waals surface area contributed by atoms with Crippen LogP contribution in [0.25, 0.3) is 11.3 Å². The van der Waals surface area contributed by atoms with E-state index in [2.05, 4.69) is 11.2 Å². The first kappa shape index (κ1) is 17.1. The molecule has 0 aliphatic carbocycles. The Bertz CT molecular complexity index is 958. The summed E-state index contributed by atoms with van der Waals surface area (Å²) < 4.78 is 5.68. The van der Waals surface area contributed by atoms with Gasteiger partial charge in [0.1, 0.15) is 24.3 Å². The summed E-state index contributed by atoms with van der Waals surface area (Å²) in [5.41, 5.74) is 2.08. The van der Waals surface area contributed by atoms with E-state index in [1.165, 1.54) is 6.21 Å². The van der Waals surface area contributed by atoms with Crippen LogP contribution in [0.4, 0.5) is 0 Å². The van der Waals surface area contributed by atoms with Crippen molar-refractivity contribution in [1.82, 2.24) is 0 Å². The van der Waals surface area contributed by atoms with Gasteiger partial charge in [-0.25, -0.2) is 0 Å². The van der Waals surface area contributed by atoms with E-state index in [0.29, 0.717) is 27.1 Å². The molecule has 2 aromatic carbocycles. The Morgan fingerprint density at radius 1 is 1.12 bits per heavy atom. The fourth-order valence-corrected chi connectivity index (χ4v) is 2.71. The second-order valence-electron chi connectivity index (χ2n) is 5.10. The van der Waals surface area contributed by atoms with Crippen LogP contribution in [0.5, 0.6) is 0 Å². The topological polar surface area (TPSA) is 58.5 Å². The largest absolute Gasteiger partial charge is 0.455 e. The Hall–Kier alpha value is -2.74. The molecular formula is C19H12Cl2N2O2. The number of oxime groups is 1. The Morgan fingerprint density at radius 2 is 1.96 bits per heavy atom. The first-order chi connectivity index (χ1) is 12.2. The average Bonchev–Trinajstić information content (AvgIpc) is 3.07. The van der Waals surface area contributed by atoms with Gasteiger partial charge in [-0.1, -0.05) is 46.6 Å². The highest BCUT2D eigenvalue weighted by atomic mass is 35.5. The summed E-state index contributed by atoms with van der Waals surface area (Å²) >= 11 is 12.1. The molecule has 4 nitrogen and oxygen atoms in total. The third-order valence-corrected chi connectivity index (χ3v) is 3.98. The minimum Gasteiger partial charge on any atom is -0.455 e. The number of halogens is 2. The summed E-state index contributed by atoms with van der Waals surface area (Å²) in [6, 6.07) is 18.1. The second kappa shape index (κ2) is 7.89. The molecule has 0 N–H and O–H groups in total. The number of nitriles is 1. The maximum absolute atomic E-state index is 9.03. The number of nitrogens with zero attached hydrogens (tertiary/aromatic N) is 2. The number of hydrogen-bond donors (Lipinski definition) is 0. The molecule has 0 aliphatic heterocycles. The monoisotopic (exact) mass is 370 g/mol. The van der Waals surface area contributed by atoms with Gasteiger partial charge in [-0.15, -0.1) is 0 Å². The van der Waals surface area contributed by atoms with Gasteiger partial charge in [0.2, 0.25) is 0 Å². The zero-order valence-electron chi connectivity index (χ0n) is 12.9. The summed E-state index contributed by atoms with van der Waals surface area (Å²) in [5, 5.41) is 14.0. The van der Waals surface area contributed by atoms with Crippen LogP contribution < -0.4 is 0 Å². The average molecular weight is 371 g/mol. The zero-order valence-corrected chi connectivity index (χ0v) is 14.5. The Morgan fingerprint density at radius 3 is 2.76 bits per heavy atom. The molecule has 3 rings (SSSR count). The lowest BCUT2D eigenvalue weighted by Crippen LogP contribution is -1.91. The molecule has 124 valence electrons. The molecule has 0 fully saturated rings. The third kappa shape index (κ3) is 4.21. The van der Waals surface area contributed by atoms with E-state index in [0.717, 1.165) is 11.1 Å². The van der Waals surface area contributed by atoms with Crippen molar-refractivity contribution in [2.45, 2.75) is 6.61 Å². The molecule has 0 spiro atoms. The van der Waals surface area contributed by atoms with Gasteiger partial charge in [0.25, 0.3) is 0 Å². The number of rotatable bonds is 5. The highest BCUT2D eigenvalue weighted by molar-refractivity contribution is 6.36. The molecule has 0 radical (unpaired) electrons. The van der Waals surface area contributed by atoms with E-state index in [4.69, 9.17) is 37.7 Å². The van der Waals surface area contributed by atoms with E-state index < -0.39 is 0 Å². The van der Waals surface area contributed by atoms with Crippen molar-refractivity contribution < 1.29 is 9.25 Å². The molecule has 25 heavy (non-hydrogen) atoms. The highest BCUT2D eigenvalue weighted by Gasteiger charge is 2.08.